The zero-order valence-electron chi connectivity index (χ0n) is 38.1. The van der Waals surface area contributed by atoms with Crippen molar-refractivity contribution in [1.82, 2.24) is 18.9 Å². The van der Waals surface area contributed by atoms with Gasteiger partial charge in [0.05, 0.1) is 61.5 Å². The molecular weight excluding hydrogens is 966 g/mol. The molecule has 0 saturated carbocycles. The fourth-order valence-electron chi connectivity index (χ4n) is 9.31. The minimum absolute atomic E-state index is 0.201. The lowest BCUT2D eigenvalue weighted by Gasteiger charge is -2.17. The highest BCUT2D eigenvalue weighted by Crippen LogP contribution is 2.43. The smallest absolute Gasteiger partial charge is 0.503 e. The van der Waals surface area contributed by atoms with Gasteiger partial charge in [0.15, 0.2) is 0 Å². The van der Waals surface area contributed by atoms with E-state index in [-0.39, 0.29) is 30.1 Å². The first-order valence-electron chi connectivity index (χ1n) is 22.8. The number of aromatic nitrogens is 4. The summed E-state index contributed by atoms with van der Waals surface area (Å²) in [5, 5.41) is 14.6. The van der Waals surface area contributed by atoms with E-state index < -0.39 is 24.6 Å². The molecule has 72 heavy (non-hydrogen) atoms. The number of ether oxygens (including phenoxy) is 1. The summed E-state index contributed by atoms with van der Waals surface area (Å²) in [6.07, 6.45) is 0.608. The summed E-state index contributed by atoms with van der Waals surface area (Å²) in [6, 6.07) is 48.2. The predicted octanol–water partition coefficient (Wildman–Crippen LogP) is 9.76. The molecule has 0 unspecified atom stereocenters. The van der Waals surface area contributed by atoms with Gasteiger partial charge in [0.25, 0.3) is 10.1 Å². The van der Waals surface area contributed by atoms with E-state index in [4.69, 9.17) is 33.3 Å². The number of hydrogen-bond donors (Lipinski definition) is 1. The Morgan fingerprint density at radius 2 is 1.21 bits per heavy atom. The monoisotopic (exact) mass is 1000 g/mol. The molecule has 0 radical (unpaired) electrons. The lowest BCUT2D eigenvalue weighted by Crippen LogP contribution is -2.44. The molecule has 0 amide bonds. The van der Waals surface area contributed by atoms with Gasteiger partial charge in [0, 0.05) is 16.3 Å². The van der Waals surface area contributed by atoms with E-state index in [0.717, 1.165) is 31.6 Å². The summed E-state index contributed by atoms with van der Waals surface area (Å²) in [6.45, 7) is 11.4. The number of fused-ring (bicyclic) bond motifs is 5. The lowest BCUT2D eigenvalue weighted by molar-refractivity contribution is 0.309. The molecule has 350 valence electrons. The lowest BCUT2D eigenvalue weighted by atomic mass is 9.99. The highest BCUT2D eigenvalue weighted by molar-refractivity contribution is 7.85. The maximum atomic E-state index is 11.8. The Hall–Kier alpha value is -8.32. The number of nitrogens with zero attached hydrogens (tertiary/aromatic N) is 6. The number of aryl methyl sites for hydroxylation is 1. The SMILES string of the molecule is [C-]#[N+]/C(c1nc2ccccc2s1)=c1\c2c(-c3ccccc3C)n(B3Oc4ccccc4O3)/c(=C(/C#N)c3nc4ccccc4s3)c2c(-c2ccc(OCCCCS(=O)(=O)O)cc2)n1B1Oc2ccccc2O1. The number of benzene rings is 6. The van der Waals surface area contributed by atoms with Crippen LogP contribution in [-0.2, 0) is 10.1 Å². The summed E-state index contributed by atoms with van der Waals surface area (Å²) < 4.78 is 70.9. The molecule has 0 bridgehead atoms. The van der Waals surface area contributed by atoms with Crippen LogP contribution in [0.25, 0.3) is 69.8 Å². The fourth-order valence-corrected chi connectivity index (χ4v) is 11.8. The highest BCUT2D eigenvalue weighted by Gasteiger charge is 2.45. The van der Waals surface area contributed by atoms with Crippen molar-refractivity contribution in [2.24, 2.45) is 0 Å². The number of nitriles is 1. The number of para-hydroxylation sites is 6. The molecule has 2 aliphatic heterocycles. The molecule has 4 aromatic heterocycles. The molecular formula is C53H36B2N6O8S3. The van der Waals surface area contributed by atoms with E-state index in [1.54, 1.807) is 12.1 Å². The van der Waals surface area contributed by atoms with E-state index in [1.807, 2.05) is 149 Å². The van der Waals surface area contributed by atoms with Crippen molar-refractivity contribution < 1.29 is 36.3 Å². The quantitative estimate of drug-likeness (QED) is 0.0536. The molecule has 6 aromatic carbocycles. The molecule has 0 atom stereocenters. The van der Waals surface area contributed by atoms with Gasteiger partial charge in [0.2, 0.25) is 5.70 Å². The number of hydrogen-bond acceptors (Lipinski definition) is 12. The van der Waals surface area contributed by atoms with Gasteiger partial charge in [-0.2, -0.15) is 13.7 Å². The second kappa shape index (κ2) is 18.1. The minimum atomic E-state index is -4.11. The van der Waals surface area contributed by atoms with E-state index in [2.05, 4.69) is 10.9 Å². The molecule has 0 spiro atoms. The second-order valence-electron chi connectivity index (χ2n) is 17.0. The molecule has 12 rings (SSSR count). The second-order valence-corrected chi connectivity index (χ2v) is 20.6. The molecule has 1 N–H and O–H groups in total. The van der Waals surface area contributed by atoms with Crippen LogP contribution in [0, 0.1) is 24.8 Å². The summed E-state index contributed by atoms with van der Waals surface area (Å²) in [4.78, 5) is 14.5. The molecule has 0 saturated heterocycles. The van der Waals surface area contributed by atoms with Gasteiger partial charge in [-0.05, 0) is 104 Å². The number of rotatable bonds is 12. The normalized spacial score (nSPS) is 13.7. The Bertz CT molecular complexity index is 3940. The summed E-state index contributed by atoms with van der Waals surface area (Å²) >= 11 is 2.78. The van der Waals surface area contributed by atoms with Crippen molar-refractivity contribution >= 4 is 89.8 Å². The minimum Gasteiger partial charge on any atom is -0.503 e. The summed E-state index contributed by atoms with van der Waals surface area (Å²) in [7, 11) is -6.46. The first-order valence-corrected chi connectivity index (χ1v) is 26.0. The van der Waals surface area contributed by atoms with Crippen LogP contribution >= 0.6 is 22.7 Å². The van der Waals surface area contributed by atoms with E-state index in [0.29, 0.717) is 83.6 Å². The fraction of sp³-hybridized carbons (Fsp3) is 0.0943. The van der Waals surface area contributed by atoms with E-state index in [1.165, 1.54) is 22.7 Å². The van der Waals surface area contributed by atoms with Crippen molar-refractivity contribution in [3.05, 3.63) is 183 Å². The Labute approximate surface area is 420 Å². The van der Waals surface area contributed by atoms with Crippen molar-refractivity contribution in [3.8, 4) is 57.3 Å². The van der Waals surface area contributed by atoms with Crippen molar-refractivity contribution in [1.29, 1.82) is 5.26 Å². The topological polar surface area (TPSA) is 164 Å². The van der Waals surface area contributed by atoms with Gasteiger partial charge >= 0.3 is 14.5 Å². The van der Waals surface area contributed by atoms with Crippen molar-refractivity contribution in [2.75, 3.05) is 12.4 Å². The third kappa shape index (κ3) is 7.89. The van der Waals surface area contributed by atoms with E-state index >= 15 is 0 Å². The van der Waals surface area contributed by atoms with Gasteiger partial charge < -0.3 is 32.3 Å². The first kappa shape index (κ1) is 44.9. The van der Waals surface area contributed by atoms with Gasteiger partial charge in [-0.15, -0.1) is 22.7 Å². The average Bonchev–Trinajstić information content (AvgIpc) is 4.25. The summed E-state index contributed by atoms with van der Waals surface area (Å²) in [5.41, 5.74) is 5.27. The van der Waals surface area contributed by atoms with Crippen LogP contribution in [0.4, 0.5) is 0 Å². The van der Waals surface area contributed by atoms with Crippen LogP contribution in [0.2, 0.25) is 0 Å². The zero-order valence-corrected chi connectivity index (χ0v) is 40.5. The third-order valence-corrected chi connectivity index (χ3v) is 15.4. The van der Waals surface area contributed by atoms with Crippen molar-refractivity contribution in [2.45, 2.75) is 19.8 Å². The van der Waals surface area contributed by atoms with Crippen LogP contribution in [0.15, 0.2) is 146 Å². The standard InChI is InChI=1S/C53H36B2N6O8S3/c1-32-15-3-4-16-35(32)49-46-45(50(61(49)55-68-41-21-9-10-22-42(41)69-55)36(31-56)52-58-37-17-5-11-23-43(37)70-52)48(33-25-27-34(28-26-33)65-29-13-14-30-72(62,63)64)60(54-66-39-19-7-8-20-40(39)67-54)51(46)47(57-2)53-59-38-18-6-12-24-44(38)71-53/h3-12,15-28H,13-14,29-30H2,1H3,(H,62,63,64)/b50-36-,51-47+. The summed E-state index contributed by atoms with van der Waals surface area (Å²) in [5.74, 6) is 2.14. The largest absolute Gasteiger partial charge is 0.743 e. The van der Waals surface area contributed by atoms with Gasteiger partial charge in [0.1, 0.15) is 50.4 Å². The van der Waals surface area contributed by atoms with Gasteiger partial charge in [-0.25, -0.2) is 14.8 Å². The molecule has 14 nitrogen and oxygen atoms in total. The Morgan fingerprint density at radius 1 is 0.694 bits per heavy atom. The maximum Gasteiger partial charge on any atom is 0.743 e. The average molecular weight is 1000 g/mol. The number of unbranched alkanes of at least 4 members (excludes halogenated alkanes) is 1. The molecule has 2 aliphatic rings. The zero-order chi connectivity index (χ0) is 49.1. The Balaban J connectivity index is 1.26. The van der Waals surface area contributed by atoms with E-state index in [9.17, 15) is 24.8 Å². The Kier molecular flexibility index (Phi) is 11.3. The van der Waals surface area contributed by atoms with Crippen LogP contribution in [0.3, 0.4) is 0 Å². The maximum absolute atomic E-state index is 11.8. The highest BCUT2D eigenvalue weighted by atomic mass is 32.2. The van der Waals surface area contributed by atoms with Gasteiger partial charge in [-0.3, -0.25) is 4.55 Å². The molecule has 0 aliphatic carbocycles. The van der Waals surface area contributed by atoms with Crippen LogP contribution in [0.1, 0.15) is 28.4 Å². The van der Waals surface area contributed by atoms with Crippen LogP contribution in [0.5, 0.6) is 28.7 Å². The number of thiazole rings is 2. The van der Waals surface area contributed by atoms with Crippen LogP contribution < -0.4 is 34.1 Å². The Morgan fingerprint density at radius 3 is 1.76 bits per heavy atom. The van der Waals surface area contributed by atoms with Crippen molar-refractivity contribution in [3.63, 3.8) is 0 Å². The molecule has 0 fully saturated rings. The van der Waals surface area contributed by atoms with Crippen LogP contribution in [-0.4, -0.2) is 58.8 Å². The molecule has 6 heterocycles. The first-order chi connectivity index (χ1) is 35.2. The molecule has 10 aromatic rings. The third-order valence-electron chi connectivity index (χ3n) is 12.5. The predicted molar refractivity (Wildman–Crippen MR) is 280 cm³/mol. The molecule has 19 heteroatoms. The van der Waals surface area contributed by atoms with Gasteiger partial charge in [-0.1, -0.05) is 72.8 Å².